The molecule has 27 heavy (non-hydrogen) atoms. The fraction of sp³-hybridized carbons (Fsp3) is 0.400. The maximum atomic E-state index is 12.7. The largest absolute Gasteiger partial charge is 0.422 e. The quantitative estimate of drug-likeness (QED) is 0.285. The number of hydrogen-bond donors (Lipinski definition) is 0. The first-order valence-corrected chi connectivity index (χ1v) is 10.0. The maximum absolute atomic E-state index is 12.7. The number of para-hydroxylation sites is 1. The van der Waals surface area contributed by atoms with Crippen LogP contribution in [-0.2, 0) is 6.42 Å². The predicted molar refractivity (Wildman–Crippen MR) is 114 cm³/mol. The van der Waals surface area contributed by atoms with Crippen molar-refractivity contribution in [2.45, 2.75) is 65.7 Å². The van der Waals surface area contributed by atoms with Crippen molar-refractivity contribution >= 4 is 5.97 Å². The van der Waals surface area contributed by atoms with Crippen LogP contribution in [0.2, 0.25) is 0 Å². The molecule has 0 amide bonds. The van der Waals surface area contributed by atoms with Crippen molar-refractivity contribution in [3.05, 3.63) is 76.9 Å². The molecule has 0 fully saturated rings. The molecule has 2 heteroatoms. The molecular weight excluding hydrogens is 332 g/mol. The second-order valence-corrected chi connectivity index (χ2v) is 7.63. The SMILES string of the molecule is CCC/C=C/Cc1ccc(C(=O)Oc2c(C(C)C)cccc2C(C)C)cc1. The first-order valence-electron chi connectivity index (χ1n) is 10.0. The van der Waals surface area contributed by atoms with Crippen molar-refractivity contribution in [2.24, 2.45) is 0 Å². The Labute approximate surface area is 164 Å². The molecule has 2 nitrogen and oxygen atoms in total. The summed E-state index contributed by atoms with van der Waals surface area (Å²) >= 11 is 0. The highest BCUT2D eigenvalue weighted by molar-refractivity contribution is 5.91. The number of unbranched alkanes of at least 4 members (excludes halogenated alkanes) is 1. The summed E-state index contributed by atoms with van der Waals surface area (Å²) in [6.45, 7) is 10.7. The molecule has 2 aromatic carbocycles. The van der Waals surface area contributed by atoms with Crippen LogP contribution in [0.25, 0.3) is 0 Å². The van der Waals surface area contributed by atoms with E-state index in [0.717, 1.165) is 36.1 Å². The molecule has 0 aliphatic rings. The Morgan fingerprint density at radius 2 is 1.52 bits per heavy atom. The predicted octanol–water partition coefficient (Wildman–Crippen LogP) is 7.05. The maximum Gasteiger partial charge on any atom is 0.343 e. The molecule has 0 spiro atoms. The molecule has 0 aliphatic heterocycles. The van der Waals surface area contributed by atoms with Gasteiger partial charge in [-0.3, -0.25) is 0 Å². The fourth-order valence-electron chi connectivity index (χ4n) is 3.03. The van der Waals surface area contributed by atoms with Crippen LogP contribution in [0.1, 0.15) is 86.3 Å². The van der Waals surface area contributed by atoms with Gasteiger partial charge in [0.2, 0.25) is 0 Å². The van der Waals surface area contributed by atoms with E-state index in [4.69, 9.17) is 4.74 Å². The van der Waals surface area contributed by atoms with Crippen molar-refractivity contribution < 1.29 is 9.53 Å². The minimum Gasteiger partial charge on any atom is -0.422 e. The van der Waals surface area contributed by atoms with Crippen LogP contribution in [0, 0.1) is 0 Å². The molecule has 2 aromatic rings. The lowest BCUT2D eigenvalue weighted by molar-refractivity contribution is 0.0731. The van der Waals surface area contributed by atoms with Crippen LogP contribution in [0.15, 0.2) is 54.6 Å². The van der Waals surface area contributed by atoms with E-state index in [1.807, 2.05) is 42.5 Å². The highest BCUT2D eigenvalue weighted by Gasteiger charge is 2.18. The Hall–Kier alpha value is -2.35. The van der Waals surface area contributed by atoms with Gasteiger partial charge < -0.3 is 4.74 Å². The molecule has 2 rings (SSSR count). The molecule has 0 unspecified atom stereocenters. The first kappa shape index (κ1) is 21.0. The number of rotatable bonds is 8. The summed E-state index contributed by atoms with van der Waals surface area (Å²) < 4.78 is 5.89. The number of esters is 1. The summed E-state index contributed by atoms with van der Waals surface area (Å²) in [5.74, 6) is 1.02. The Kier molecular flexibility index (Phi) is 7.84. The third-order valence-corrected chi connectivity index (χ3v) is 4.68. The molecule has 0 saturated heterocycles. The monoisotopic (exact) mass is 364 g/mol. The van der Waals surface area contributed by atoms with E-state index in [-0.39, 0.29) is 5.97 Å². The first-order chi connectivity index (χ1) is 12.9. The summed E-state index contributed by atoms with van der Waals surface area (Å²) in [5.41, 5.74) is 3.94. The van der Waals surface area contributed by atoms with Crippen molar-refractivity contribution in [3.63, 3.8) is 0 Å². The van der Waals surface area contributed by atoms with Gasteiger partial charge >= 0.3 is 5.97 Å². The van der Waals surface area contributed by atoms with E-state index in [1.165, 1.54) is 5.56 Å². The Balaban J connectivity index is 2.18. The van der Waals surface area contributed by atoms with Crippen molar-refractivity contribution in [1.29, 1.82) is 0 Å². The summed E-state index contributed by atoms with van der Waals surface area (Å²) in [6, 6.07) is 13.9. The van der Waals surface area contributed by atoms with E-state index >= 15 is 0 Å². The number of ether oxygens (including phenoxy) is 1. The molecule has 0 atom stereocenters. The lowest BCUT2D eigenvalue weighted by Gasteiger charge is -2.19. The number of carbonyl (C=O) groups excluding carboxylic acids is 1. The van der Waals surface area contributed by atoms with E-state index in [1.54, 1.807) is 0 Å². The lowest BCUT2D eigenvalue weighted by Crippen LogP contribution is -2.12. The summed E-state index contributed by atoms with van der Waals surface area (Å²) in [7, 11) is 0. The van der Waals surface area contributed by atoms with E-state index < -0.39 is 0 Å². The number of carbonyl (C=O) groups is 1. The van der Waals surface area contributed by atoms with E-state index in [0.29, 0.717) is 17.4 Å². The average molecular weight is 365 g/mol. The normalized spacial score (nSPS) is 11.5. The molecule has 0 heterocycles. The van der Waals surface area contributed by atoms with Crippen molar-refractivity contribution in [1.82, 2.24) is 0 Å². The minimum atomic E-state index is -0.293. The van der Waals surface area contributed by atoms with Gasteiger partial charge in [-0.25, -0.2) is 4.79 Å². The molecule has 0 aliphatic carbocycles. The molecular formula is C25H32O2. The van der Waals surface area contributed by atoms with Gasteiger partial charge in [0, 0.05) is 0 Å². The van der Waals surface area contributed by atoms with Gasteiger partial charge in [0.15, 0.2) is 0 Å². The van der Waals surface area contributed by atoms with Crippen molar-refractivity contribution in [2.75, 3.05) is 0 Å². The molecule has 0 radical (unpaired) electrons. The zero-order chi connectivity index (χ0) is 19.8. The van der Waals surface area contributed by atoms with Crippen molar-refractivity contribution in [3.8, 4) is 5.75 Å². The van der Waals surface area contributed by atoms with E-state index in [2.05, 4.69) is 46.8 Å². The minimum absolute atomic E-state index is 0.293. The smallest absolute Gasteiger partial charge is 0.343 e. The Morgan fingerprint density at radius 3 is 2.04 bits per heavy atom. The van der Waals surface area contributed by atoms with Gasteiger partial charge in [-0.1, -0.05) is 83.5 Å². The average Bonchev–Trinajstić information content (AvgIpc) is 2.65. The highest BCUT2D eigenvalue weighted by atomic mass is 16.5. The summed E-state index contributed by atoms with van der Waals surface area (Å²) in [4.78, 5) is 12.7. The molecule has 144 valence electrons. The van der Waals surface area contributed by atoms with Gasteiger partial charge in [-0.05, 0) is 53.5 Å². The van der Waals surface area contributed by atoms with E-state index in [9.17, 15) is 4.79 Å². The zero-order valence-electron chi connectivity index (χ0n) is 17.3. The van der Waals surface area contributed by atoms with Crippen LogP contribution in [-0.4, -0.2) is 5.97 Å². The fourth-order valence-corrected chi connectivity index (χ4v) is 3.03. The van der Waals surface area contributed by atoms with Crippen LogP contribution in [0.4, 0.5) is 0 Å². The van der Waals surface area contributed by atoms with Gasteiger partial charge in [-0.2, -0.15) is 0 Å². The number of hydrogen-bond acceptors (Lipinski definition) is 2. The highest BCUT2D eigenvalue weighted by Crippen LogP contribution is 2.35. The molecule has 0 saturated carbocycles. The zero-order valence-corrected chi connectivity index (χ0v) is 17.3. The van der Waals surface area contributed by atoms with Crippen LogP contribution < -0.4 is 4.74 Å². The Bertz CT molecular complexity index is 741. The van der Waals surface area contributed by atoms with Gasteiger partial charge in [0.05, 0.1) is 5.56 Å². The molecule has 0 N–H and O–H groups in total. The van der Waals surface area contributed by atoms with Crippen LogP contribution in [0.5, 0.6) is 5.75 Å². The summed E-state index contributed by atoms with van der Waals surface area (Å²) in [6.07, 6.45) is 7.56. The summed E-state index contributed by atoms with van der Waals surface area (Å²) in [5, 5.41) is 0. The second kappa shape index (κ2) is 10.1. The van der Waals surface area contributed by atoms with Gasteiger partial charge in [-0.15, -0.1) is 0 Å². The Morgan fingerprint density at radius 1 is 0.926 bits per heavy atom. The third-order valence-electron chi connectivity index (χ3n) is 4.68. The lowest BCUT2D eigenvalue weighted by atomic mass is 9.94. The topological polar surface area (TPSA) is 26.3 Å². The number of allylic oxidation sites excluding steroid dienone is 2. The van der Waals surface area contributed by atoms with Crippen LogP contribution in [0.3, 0.4) is 0 Å². The van der Waals surface area contributed by atoms with Gasteiger partial charge in [0.25, 0.3) is 0 Å². The third kappa shape index (κ3) is 5.82. The molecule has 0 bridgehead atoms. The van der Waals surface area contributed by atoms with Crippen LogP contribution >= 0.6 is 0 Å². The number of benzene rings is 2. The molecule has 0 aromatic heterocycles. The standard InChI is InChI=1S/C25H32O2/c1-6-7-8-9-11-20-14-16-21(17-15-20)25(26)27-24-22(18(2)3)12-10-13-23(24)19(4)5/h8-10,12-19H,6-7,11H2,1-5H3/b9-8+. The second-order valence-electron chi connectivity index (χ2n) is 7.63. The van der Waals surface area contributed by atoms with Gasteiger partial charge in [0.1, 0.15) is 5.75 Å².